The molecule has 5 nitrogen and oxygen atoms in total. The van der Waals surface area contributed by atoms with Gasteiger partial charge in [-0.2, -0.15) is 0 Å². The molecule has 1 N–H and O–H groups in total. The minimum absolute atomic E-state index is 0.0126. The number of halogens is 1. The van der Waals surface area contributed by atoms with Crippen LogP contribution in [0.4, 0.5) is 0 Å². The van der Waals surface area contributed by atoms with Gasteiger partial charge in [-0.3, -0.25) is 4.79 Å². The second-order valence-electron chi connectivity index (χ2n) is 4.87. The number of carbonyl (C=O) groups is 1. The van der Waals surface area contributed by atoms with Crippen LogP contribution in [0.15, 0.2) is 18.2 Å². The van der Waals surface area contributed by atoms with Gasteiger partial charge in [0.25, 0.3) is 5.91 Å². The molecule has 0 aromatic heterocycles. The lowest BCUT2D eigenvalue weighted by Crippen LogP contribution is -2.38. The van der Waals surface area contributed by atoms with Crippen molar-refractivity contribution in [1.82, 2.24) is 5.32 Å². The summed E-state index contributed by atoms with van der Waals surface area (Å²) in [5.41, 5.74) is 0.841. The fourth-order valence-electron chi connectivity index (χ4n) is 2.10. The minimum atomic E-state index is -2.99. The summed E-state index contributed by atoms with van der Waals surface area (Å²) in [6.45, 7) is 1.70. The van der Waals surface area contributed by atoms with Crippen molar-refractivity contribution in [1.29, 1.82) is 0 Å². The number of nitrogens with one attached hydrogen (secondary N) is 1. The van der Waals surface area contributed by atoms with Crippen molar-refractivity contribution in [3.05, 3.63) is 28.8 Å². The molecule has 1 aliphatic heterocycles. The Morgan fingerprint density at radius 2 is 2.25 bits per heavy atom. The van der Waals surface area contributed by atoms with E-state index in [0.29, 0.717) is 17.2 Å². The van der Waals surface area contributed by atoms with Gasteiger partial charge >= 0.3 is 0 Å². The molecule has 20 heavy (non-hydrogen) atoms. The summed E-state index contributed by atoms with van der Waals surface area (Å²) < 4.78 is 28.0. The van der Waals surface area contributed by atoms with E-state index in [4.69, 9.17) is 16.3 Å². The topological polar surface area (TPSA) is 72.5 Å². The Labute approximate surface area is 123 Å². The van der Waals surface area contributed by atoms with Crippen LogP contribution < -0.4 is 10.1 Å². The molecule has 1 amide bonds. The molecule has 1 aromatic carbocycles. The van der Waals surface area contributed by atoms with E-state index in [1.54, 1.807) is 18.2 Å². The van der Waals surface area contributed by atoms with Gasteiger partial charge in [-0.25, -0.2) is 8.42 Å². The van der Waals surface area contributed by atoms with Crippen molar-refractivity contribution in [2.24, 2.45) is 0 Å². The first-order chi connectivity index (χ1) is 9.35. The highest BCUT2D eigenvalue weighted by atomic mass is 35.5. The average molecular weight is 318 g/mol. The second-order valence-corrected chi connectivity index (χ2v) is 7.53. The summed E-state index contributed by atoms with van der Waals surface area (Å²) in [6.07, 6.45) is 0.466. The maximum absolute atomic E-state index is 11.7. The number of rotatable bonds is 4. The van der Waals surface area contributed by atoms with Gasteiger partial charge in [0.2, 0.25) is 0 Å². The minimum Gasteiger partial charge on any atom is -0.484 e. The van der Waals surface area contributed by atoms with Crippen LogP contribution in [0.5, 0.6) is 5.75 Å². The Hall–Kier alpha value is -1.27. The number of sulfone groups is 1. The van der Waals surface area contributed by atoms with Crippen LogP contribution in [0, 0.1) is 6.92 Å². The van der Waals surface area contributed by atoms with Gasteiger partial charge in [-0.1, -0.05) is 11.6 Å². The SMILES string of the molecule is Cc1cc(Cl)ccc1OCC(=O)N[C@H]1CCS(=O)(=O)C1. The van der Waals surface area contributed by atoms with E-state index in [1.165, 1.54) is 0 Å². The fraction of sp³-hybridized carbons (Fsp3) is 0.462. The van der Waals surface area contributed by atoms with Gasteiger partial charge in [0, 0.05) is 11.1 Å². The summed E-state index contributed by atoms with van der Waals surface area (Å²) in [4.78, 5) is 11.7. The molecule has 1 atom stereocenters. The molecule has 0 bridgehead atoms. The third-order valence-electron chi connectivity index (χ3n) is 3.09. The zero-order chi connectivity index (χ0) is 14.8. The van der Waals surface area contributed by atoms with Crippen LogP contribution in [-0.2, 0) is 14.6 Å². The van der Waals surface area contributed by atoms with E-state index >= 15 is 0 Å². The van der Waals surface area contributed by atoms with Gasteiger partial charge in [-0.05, 0) is 37.1 Å². The maximum Gasteiger partial charge on any atom is 0.258 e. The lowest BCUT2D eigenvalue weighted by molar-refractivity contribution is -0.123. The van der Waals surface area contributed by atoms with E-state index in [1.807, 2.05) is 6.92 Å². The highest BCUT2D eigenvalue weighted by molar-refractivity contribution is 7.91. The predicted octanol–water partition coefficient (Wildman–Crippen LogP) is 1.33. The van der Waals surface area contributed by atoms with Crippen molar-refractivity contribution >= 4 is 27.3 Å². The molecule has 0 radical (unpaired) electrons. The molecule has 2 rings (SSSR count). The van der Waals surface area contributed by atoms with Crippen LogP contribution >= 0.6 is 11.6 Å². The predicted molar refractivity (Wildman–Crippen MR) is 76.9 cm³/mol. The molecule has 1 saturated heterocycles. The maximum atomic E-state index is 11.7. The molecule has 110 valence electrons. The van der Waals surface area contributed by atoms with E-state index in [-0.39, 0.29) is 30.1 Å². The number of benzene rings is 1. The average Bonchev–Trinajstić information content (AvgIpc) is 2.67. The summed E-state index contributed by atoms with van der Waals surface area (Å²) in [6, 6.07) is 4.83. The first kappa shape index (κ1) is 15.1. The van der Waals surface area contributed by atoms with Gasteiger partial charge < -0.3 is 10.1 Å². The molecule has 1 fully saturated rings. The quantitative estimate of drug-likeness (QED) is 0.909. The number of carbonyl (C=O) groups excluding carboxylic acids is 1. The zero-order valence-corrected chi connectivity index (χ0v) is 12.6. The smallest absolute Gasteiger partial charge is 0.258 e. The monoisotopic (exact) mass is 317 g/mol. The summed E-state index contributed by atoms with van der Waals surface area (Å²) in [5.74, 6) is 0.415. The number of ether oxygens (including phenoxy) is 1. The van der Waals surface area contributed by atoms with Crippen LogP contribution in [0.3, 0.4) is 0 Å². The van der Waals surface area contributed by atoms with Crippen molar-refractivity contribution in [3.8, 4) is 5.75 Å². The Kier molecular flexibility index (Phi) is 4.55. The molecule has 0 aliphatic carbocycles. The zero-order valence-electron chi connectivity index (χ0n) is 11.1. The third kappa shape index (κ3) is 4.11. The largest absolute Gasteiger partial charge is 0.484 e. The molecule has 1 aliphatic rings. The van der Waals surface area contributed by atoms with Gasteiger partial charge in [-0.15, -0.1) is 0 Å². The first-order valence-electron chi connectivity index (χ1n) is 6.24. The lowest BCUT2D eigenvalue weighted by atomic mass is 10.2. The van der Waals surface area contributed by atoms with Crippen molar-refractivity contribution in [2.45, 2.75) is 19.4 Å². The van der Waals surface area contributed by atoms with Gasteiger partial charge in [0.1, 0.15) is 5.75 Å². The van der Waals surface area contributed by atoms with Gasteiger partial charge in [0.15, 0.2) is 16.4 Å². The van der Waals surface area contributed by atoms with Gasteiger partial charge in [0.05, 0.1) is 11.5 Å². The molecule has 1 heterocycles. The number of hydrogen-bond donors (Lipinski definition) is 1. The normalized spacial score (nSPS) is 20.6. The van der Waals surface area contributed by atoms with E-state index in [9.17, 15) is 13.2 Å². The summed E-state index contributed by atoms with van der Waals surface area (Å²) >= 11 is 5.83. The molecule has 1 aromatic rings. The van der Waals surface area contributed by atoms with E-state index in [0.717, 1.165) is 5.56 Å². The Balaban J connectivity index is 1.84. The van der Waals surface area contributed by atoms with E-state index < -0.39 is 9.84 Å². The van der Waals surface area contributed by atoms with Crippen molar-refractivity contribution in [2.75, 3.05) is 18.1 Å². The number of amides is 1. The fourth-order valence-corrected chi connectivity index (χ4v) is 4.00. The molecule has 0 spiro atoms. The number of aryl methyl sites for hydroxylation is 1. The molecule has 7 heteroatoms. The second kappa shape index (κ2) is 6.01. The Morgan fingerprint density at radius 1 is 1.50 bits per heavy atom. The molecular formula is C13H16ClNO4S. The third-order valence-corrected chi connectivity index (χ3v) is 5.10. The first-order valence-corrected chi connectivity index (χ1v) is 8.44. The Morgan fingerprint density at radius 3 is 2.85 bits per heavy atom. The highest BCUT2D eigenvalue weighted by Crippen LogP contribution is 2.21. The molecular weight excluding hydrogens is 302 g/mol. The standard InChI is InChI=1S/C13H16ClNO4S/c1-9-6-10(14)2-3-12(9)19-7-13(16)15-11-4-5-20(17,18)8-11/h2-3,6,11H,4-5,7-8H2,1H3,(H,15,16)/t11-/m0/s1. The van der Waals surface area contributed by atoms with E-state index in [2.05, 4.69) is 5.32 Å². The summed E-state index contributed by atoms with van der Waals surface area (Å²) in [5, 5.41) is 3.27. The van der Waals surface area contributed by atoms with Crippen LogP contribution in [0.25, 0.3) is 0 Å². The van der Waals surface area contributed by atoms with Crippen LogP contribution in [-0.4, -0.2) is 38.5 Å². The number of hydrogen-bond acceptors (Lipinski definition) is 4. The van der Waals surface area contributed by atoms with Crippen LogP contribution in [0.1, 0.15) is 12.0 Å². The summed E-state index contributed by atoms with van der Waals surface area (Å²) in [7, 11) is -2.99. The van der Waals surface area contributed by atoms with Crippen molar-refractivity contribution in [3.63, 3.8) is 0 Å². The highest BCUT2D eigenvalue weighted by Gasteiger charge is 2.28. The molecule has 0 saturated carbocycles. The molecule has 0 unspecified atom stereocenters. The van der Waals surface area contributed by atoms with Crippen LogP contribution in [0.2, 0.25) is 5.02 Å². The lowest BCUT2D eigenvalue weighted by Gasteiger charge is -2.12. The Bertz CT molecular complexity index is 615. The van der Waals surface area contributed by atoms with Crippen molar-refractivity contribution < 1.29 is 17.9 Å².